The Morgan fingerprint density at radius 1 is 0.875 bits per heavy atom. The predicted molar refractivity (Wildman–Crippen MR) is 161 cm³/mol. The second-order valence-corrected chi connectivity index (χ2v) is 12.3. The topological polar surface area (TPSA) is 86.8 Å². The standard InChI is InChI=1S/C30H35Cl2N3O4S/c1-5-22(4)33-30(37)28(6-2)34(19-25-26(31)13-10-14-27(25)32)29(36)20-35(23-11-8-7-9-12-23)40(38,39)24-17-15-21(3)16-18-24/h7-18,22,28H,5-6,19-20H2,1-4H3,(H,33,37)/t22-,28-/m1/s1. The molecule has 0 bridgehead atoms. The molecule has 3 aromatic carbocycles. The first-order valence-corrected chi connectivity index (χ1v) is 15.4. The number of sulfonamides is 1. The van der Waals surface area contributed by atoms with Crippen LogP contribution in [0, 0.1) is 6.92 Å². The summed E-state index contributed by atoms with van der Waals surface area (Å²) < 4.78 is 28.8. The SMILES string of the molecule is CC[C@@H](C)NC(=O)[C@@H](CC)N(Cc1c(Cl)cccc1Cl)C(=O)CN(c1ccccc1)S(=O)(=O)c1ccc(C)cc1. The average molecular weight is 605 g/mol. The summed E-state index contributed by atoms with van der Waals surface area (Å²) in [6.45, 7) is 6.89. The molecule has 1 N–H and O–H groups in total. The normalized spacial score (nSPS) is 12.8. The minimum absolute atomic E-state index is 0.0528. The van der Waals surface area contributed by atoms with Gasteiger partial charge < -0.3 is 10.2 Å². The van der Waals surface area contributed by atoms with E-state index in [2.05, 4.69) is 5.32 Å². The fraction of sp³-hybridized carbons (Fsp3) is 0.333. The molecule has 0 fully saturated rings. The molecule has 0 aliphatic heterocycles. The van der Waals surface area contributed by atoms with Crippen LogP contribution in [-0.2, 0) is 26.2 Å². The third-order valence-electron chi connectivity index (χ3n) is 6.71. The smallest absolute Gasteiger partial charge is 0.264 e. The molecule has 2 atom stereocenters. The third-order valence-corrected chi connectivity index (χ3v) is 9.21. The largest absolute Gasteiger partial charge is 0.352 e. The van der Waals surface area contributed by atoms with E-state index < -0.39 is 28.5 Å². The van der Waals surface area contributed by atoms with E-state index in [0.717, 1.165) is 9.87 Å². The van der Waals surface area contributed by atoms with Gasteiger partial charge in [0.15, 0.2) is 0 Å². The number of anilines is 1. The van der Waals surface area contributed by atoms with Crippen LogP contribution < -0.4 is 9.62 Å². The van der Waals surface area contributed by atoms with Gasteiger partial charge in [0.1, 0.15) is 12.6 Å². The Kier molecular flexibility index (Phi) is 11.0. The van der Waals surface area contributed by atoms with Crippen LogP contribution in [-0.4, -0.2) is 43.8 Å². The molecule has 0 spiro atoms. The number of halogens is 2. The molecule has 214 valence electrons. The van der Waals surface area contributed by atoms with Gasteiger partial charge in [-0.2, -0.15) is 0 Å². The Morgan fingerprint density at radius 3 is 2.02 bits per heavy atom. The van der Waals surface area contributed by atoms with Gasteiger partial charge in [-0.15, -0.1) is 0 Å². The fourth-order valence-electron chi connectivity index (χ4n) is 4.17. The van der Waals surface area contributed by atoms with E-state index in [0.29, 0.717) is 34.1 Å². The van der Waals surface area contributed by atoms with Crippen LogP contribution in [0.15, 0.2) is 77.7 Å². The lowest BCUT2D eigenvalue weighted by atomic mass is 10.1. The zero-order chi connectivity index (χ0) is 29.4. The summed E-state index contributed by atoms with van der Waals surface area (Å²) in [7, 11) is -4.13. The third kappa shape index (κ3) is 7.56. The highest BCUT2D eigenvalue weighted by molar-refractivity contribution is 7.92. The van der Waals surface area contributed by atoms with Crippen molar-refractivity contribution in [2.24, 2.45) is 0 Å². The Morgan fingerprint density at radius 2 is 1.48 bits per heavy atom. The summed E-state index contributed by atoms with van der Waals surface area (Å²) in [4.78, 5) is 28.9. The van der Waals surface area contributed by atoms with Crippen molar-refractivity contribution < 1.29 is 18.0 Å². The summed E-state index contributed by atoms with van der Waals surface area (Å²) in [5.74, 6) is -0.900. The lowest BCUT2D eigenvalue weighted by molar-refractivity contribution is -0.140. The number of para-hydroxylation sites is 1. The number of hydrogen-bond donors (Lipinski definition) is 1. The number of nitrogens with one attached hydrogen (secondary N) is 1. The van der Waals surface area contributed by atoms with Crippen molar-refractivity contribution in [3.05, 3.63) is 94.0 Å². The molecule has 7 nitrogen and oxygen atoms in total. The number of benzene rings is 3. The van der Waals surface area contributed by atoms with Crippen molar-refractivity contribution >= 4 is 50.7 Å². The van der Waals surface area contributed by atoms with Gasteiger partial charge in [0.2, 0.25) is 11.8 Å². The molecule has 0 aliphatic carbocycles. The monoisotopic (exact) mass is 603 g/mol. The first kappa shape index (κ1) is 31.5. The number of carbonyl (C=O) groups excluding carboxylic acids is 2. The molecule has 0 heterocycles. The van der Waals surface area contributed by atoms with Crippen molar-refractivity contribution in [3.8, 4) is 0 Å². The molecule has 0 unspecified atom stereocenters. The Balaban J connectivity index is 2.07. The van der Waals surface area contributed by atoms with Crippen molar-refractivity contribution in [1.82, 2.24) is 10.2 Å². The lowest BCUT2D eigenvalue weighted by Gasteiger charge is -2.34. The molecule has 10 heteroatoms. The maximum atomic E-state index is 14.1. The predicted octanol–water partition coefficient (Wildman–Crippen LogP) is 6.22. The summed E-state index contributed by atoms with van der Waals surface area (Å²) >= 11 is 12.9. The van der Waals surface area contributed by atoms with Gasteiger partial charge in [-0.3, -0.25) is 13.9 Å². The Bertz CT molecular complexity index is 1400. The van der Waals surface area contributed by atoms with Crippen LogP contribution in [0.5, 0.6) is 0 Å². The van der Waals surface area contributed by atoms with E-state index in [9.17, 15) is 18.0 Å². The summed E-state index contributed by atoms with van der Waals surface area (Å²) in [6.07, 6.45) is 1.01. The number of rotatable bonds is 12. The summed E-state index contributed by atoms with van der Waals surface area (Å²) in [6, 6.07) is 18.9. The van der Waals surface area contributed by atoms with Gasteiger partial charge in [-0.05, 0) is 63.1 Å². The highest BCUT2D eigenvalue weighted by atomic mass is 35.5. The maximum Gasteiger partial charge on any atom is 0.264 e. The van der Waals surface area contributed by atoms with E-state index in [1.807, 2.05) is 20.8 Å². The van der Waals surface area contributed by atoms with Crippen molar-refractivity contribution in [2.45, 2.75) is 64.1 Å². The van der Waals surface area contributed by atoms with E-state index in [1.165, 1.54) is 17.0 Å². The summed E-state index contributed by atoms with van der Waals surface area (Å²) in [5.41, 5.74) is 1.70. The number of carbonyl (C=O) groups is 2. The number of amides is 2. The van der Waals surface area contributed by atoms with Crippen LogP contribution in [0.2, 0.25) is 10.0 Å². The molecule has 0 saturated heterocycles. The number of aryl methyl sites for hydroxylation is 1. The van der Waals surface area contributed by atoms with Crippen LogP contribution in [0.4, 0.5) is 5.69 Å². The van der Waals surface area contributed by atoms with E-state index in [1.54, 1.807) is 67.6 Å². The van der Waals surface area contributed by atoms with Gasteiger partial charge in [-0.25, -0.2) is 8.42 Å². The minimum Gasteiger partial charge on any atom is -0.352 e. The van der Waals surface area contributed by atoms with Gasteiger partial charge in [0.25, 0.3) is 10.0 Å². The number of nitrogens with zero attached hydrogens (tertiary/aromatic N) is 2. The van der Waals surface area contributed by atoms with Crippen molar-refractivity contribution in [3.63, 3.8) is 0 Å². The first-order chi connectivity index (χ1) is 19.0. The summed E-state index contributed by atoms with van der Waals surface area (Å²) in [5, 5.41) is 3.63. The molecule has 0 aromatic heterocycles. The van der Waals surface area contributed by atoms with Gasteiger partial charge in [0, 0.05) is 28.2 Å². The number of hydrogen-bond acceptors (Lipinski definition) is 4. The fourth-order valence-corrected chi connectivity index (χ4v) is 6.11. The lowest BCUT2D eigenvalue weighted by Crippen LogP contribution is -2.53. The zero-order valence-electron chi connectivity index (χ0n) is 23.1. The molecule has 40 heavy (non-hydrogen) atoms. The molecular weight excluding hydrogens is 569 g/mol. The van der Waals surface area contributed by atoms with Crippen LogP contribution in [0.1, 0.15) is 44.7 Å². The van der Waals surface area contributed by atoms with Crippen LogP contribution >= 0.6 is 23.2 Å². The second-order valence-electron chi connectivity index (χ2n) is 9.62. The Labute approximate surface area is 247 Å². The maximum absolute atomic E-state index is 14.1. The highest BCUT2D eigenvalue weighted by Crippen LogP contribution is 2.29. The van der Waals surface area contributed by atoms with Gasteiger partial charge >= 0.3 is 0 Å². The van der Waals surface area contributed by atoms with Crippen LogP contribution in [0.25, 0.3) is 0 Å². The van der Waals surface area contributed by atoms with E-state index in [-0.39, 0.29) is 23.4 Å². The van der Waals surface area contributed by atoms with Gasteiger partial charge in [-0.1, -0.05) is 79.0 Å². The van der Waals surface area contributed by atoms with Crippen LogP contribution in [0.3, 0.4) is 0 Å². The second kappa shape index (κ2) is 14.0. The molecule has 0 saturated carbocycles. The molecular formula is C30H35Cl2N3O4S. The Hall–Kier alpha value is -3.07. The van der Waals surface area contributed by atoms with E-state index in [4.69, 9.17) is 23.2 Å². The van der Waals surface area contributed by atoms with Crippen molar-refractivity contribution in [2.75, 3.05) is 10.8 Å². The first-order valence-electron chi connectivity index (χ1n) is 13.2. The molecule has 0 radical (unpaired) electrons. The average Bonchev–Trinajstić information content (AvgIpc) is 2.93. The zero-order valence-corrected chi connectivity index (χ0v) is 25.4. The van der Waals surface area contributed by atoms with Gasteiger partial charge in [0.05, 0.1) is 10.6 Å². The highest BCUT2D eigenvalue weighted by Gasteiger charge is 2.34. The molecule has 0 aliphatic rings. The minimum atomic E-state index is -4.13. The quantitative estimate of drug-likeness (QED) is 0.266. The van der Waals surface area contributed by atoms with Crippen molar-refractivity contribution in [1.29, 1.82) is 0 Å². The molecule has 2 amide bonds. The molecule has 3 aromatic rings. The van der Waals surface area contributed by atoms with E-state index >= 15 is 0 Å². The molecule has 3 rings (SSSR count).